The summed E-state index contributed by atoms with van der Waals surface area (Å²) in [5, 5.41) is 7.57. The van der Waals surface area contributed by atoms with Crippen molar-refractivity contribution in [2.45, 2.75) is 6.92 Å². The molecule has 0 aliphatic heterocycles. The number of nitrogens with one attached hydrogen (secondary N) is 2. The fourth-order valence-electron chi connectivity index (χ4n) is 1.51. The van der Waals surface area contributed by atoms with Crippen molar-refractivity contribution < 1.29 is 9.15 Å². The van der Waals surface area contributed by atoms with Crippen LogP contribution in [0.1, 0.15) is 12.7 Å². The molecule has 6 heteroatoms. The molecular weight excluding hydrogens is 274 g/mol. The zero-order valence-electron chi connectivity index (χ0n) is 11.2. The van der Waals surface area contributed by atoms with E-state index in [9.17, 15) is 0 Å². The van der Waals surface area contributed by atoms with Gasteiger partial charge in [-0.1, -0.05) is 0 Å². The van der Waals surface area contributed by atoms with Crippen LogP contribution in [0.3, 0.4) is 0 Å². The van der Waals surface area contributed by atoms with Gasteiger partial charge in [-0.15, -0.1) is 0 Å². The third-order valence-corrected chi connectivity index (χ3v) is 2.74. The van der Waals surface area contributed by atoms with Gasteiger partial charge in [0, 0.05) is 5.69 Å². The van der Waals surface area contributed by atoms with E-state index in [4.69, 9.17) is 21.4 Å². The lowest BCUT2D eigenvalue weighted by Crippen LogP contribution is -2.24. The number of thiocarbonyl (C=S) groups is 1. The van der Waals surface area contributed by atoms with Gasteiger partial charge >= 0.3 is 0 Å². The zero-order chi connectivity index (χ0) is 14.4. The third kappa shape index (κ3) is 3.83. The Hall–Kier alpha value is -2.34. The van der Waals surface area contributed by atoms with Crippen LogP contribution < -0.4 is 15.5 Å². The van der Waals surface area contributed by atoms with Crippen molar-refractivity contribution in [3.8, 4) is 5.75 Å². The van der Waals surface area contributed by atoms with Crippen LogP contribution in [-0.4, -0.2) is 17.9 Å². The molecular formula is C14H15N3O2S. The van der Waals surface area contributed by atoms with Gasteiger partial charge in [-0.05, 0) is 55.5 Å². The molecule has 5 nitrogen and oxygen atoms in total. The summed E-state index contributed by atoms with van der Waals surface area (Å²) in [7, 11) is 1.63. The summed E-state index contributed by atoms with van der Waals surface area (Å²) >= 11 is 5.15. The quantitative estimate of drug-likeness (QED) is 0.515. The van der Waals surface area contributed by atoms with Crippen LogP contribution >= 0.6 is 12.2 Å². The second-order valence-corrected chi connectivity index (χ2v) is 4.38. The van der Waals surface area contributed by atoms with E-state index in [1.54, 1.807) is 13.4 Å². The molecule has 0 bridgehead atoms. The Balaban J connectivity index is 1.90. The van der Waals surface area contributed by atoms with Crippen LogP contribution in [-0.2, 0) is 0 Å². The molecule has 1 aromatic carbocycles. The fourth-order valence-corrected chi connectivity index (χ4v) is 1.67. The van der Waals surface area contributed by atoms with E-state index in [1.165, 1.54) is 0 Å². The first-order valence-electron chi connectivity index (χ1n) is 5.98. The summed E-state index contributed by atoms with van der Waals surface area (Å²) in [5.74, 6) is 1.49. The number of ether oxygens (including phenoxy) is 1. The van der Waals surface area contributed by atoms with Gasteiger partial charge in [-0.25, -0.2) is 0 Å². The lowest BCUT2D eigenvalue weighted by atomic mass is 10.3. The van der Waals surface area contributed by atoms with Gasteiger partial charge in [0.2, 0.25) is 0 Å². The molecule has 0 radical (unpaired) electrons. The van der Waals surface area contributed by atoms with Gasteiger partial charge in [0.15, 0.2) is 5.11 Å². The normalized spacial score (nSPS) is 11.0. The van der Waals surface area contributed by atoms with Crippen LogP contribution in [0.15, 0.2) is 52.2 Å². The summed E-state index contributed by atoms with van der Waals surface area (Å²) in [6, 6.07) is 11.1. The van der Waals surface area contributed by atoms with E-state index < -0.39 is 0 Å². The van der Waals surface area contributed by atoms with Crippen molar-refractivity contribution in [3.63, 3.8) is 0 Å². The second kappa shape index (κ2) is 6.72. The molecule has 0 fully saturated rings. The maximum absolute atomic E-state index is 5.22. The van der Waals surface area contributed by atoms with Gasteiger partial charge in [0.25, 0.3) is 0 Å². The molecule has 1 aromatic heterocycles. The summed E-state index contributed by atoms with van der Waals surface area (Å²) in [4.78, 5) is 0. The molecule has 0 aliphatic rings. The molecule has 2 N–H and O–H groups in total. The minimum atomic E-state index is 0.404. The molecule has 0 saturated heterocycles. The number of anilines is 1. The molecule has 1 heterocycles. The van der Waals surface area contributed by atoms with Crippen LogP contribution in [0.4, 0.5) is 5.69 Å². The predicted molar refractivity (Wildman–Crippen MR) is 83.3 cm³/mol. The Morgan fingerprint density at radius 2 is 2.00 bits per heavy atom. The summed E-state index contributed by atoms with van der Waals surface area (Å²) in [6.45, 7) is 1.84. The maximum Gasteiger partial charge on any atom is 0.191 e. The molecule has 2 rings (SSSR count). The maximum atomic E-state index is 5.22. The topological polar surface area (TPSA) is 58.8 Å². The Labute approximate surface area is 122 Å². The van der Waals surface area contributed by atoms with Crippen molar-refractivity contribution in [1.29, 1.82) is 0 Å². The smallest absolute Gasteiger partial charge is 0.191 e. The number of furan rings is 1. The van der Waals surface area contributed by atoms with Gasteiger partial charge in [-0.2, -0.15) is 5.10 Å². The van der Waals surface area contributed by atoms with Crippen molar-refractivity contribution >= 4 is 28.7 Å². The monoisotopic (exact) mass is 289 g/mol. The summed E-state index contributed by atoms with van der Waals surface area (Å²) in [5.41, 5.74) is 4.34. The van der Waals surface area contributed by atoms with E-state index in [2.05, 4.69) is 15.8 Å². The highest BCUT2D eigenvalue weighted by atomic mass is 32.1. The third-order valence-electron chi connectivity index (χ3n) is 2.55. The number of hydrogen-bond donors (Lipinski definition) is 2. The van der Waals surface area contributed by atoms with E-state index in [-0.39, 0.29) is 0 Å². The average molecular weight is 289 g/mol. The van der Waals surface area contributed by atoms with Crippen molar-refractivity contribution in [1.82, 2.24) is 5.43 Å². The molecule has 0 atom stereocenters. The number of rotatable bonds is 4. The zero-order valence-corrected chi connectivity index (χ0v) is 12.0. The number of hydrogen-bond acceptors (Lipinski definition) is 4. The molecule has 0 saturated carbocycles. The highest BCUT2D eigenvalue weighted by Crippen LogP contribution is 2.14. The Morgan fingerprint density at radius 3 is 2.60 bits per heavy atom. The highest BCUT2D eigenvalue weighted by Gasteiger charge is 2.01. The number of nitrogens with zero attached hydrogens (tertiary/aromatic N) is 1. The van der Waals surface area contributed by atoms with Crippen LogP contribution in [0.5, 0.6) is 5.75 Å². The van der Waals surface area contributed by atoms with Crippen molar-refractivity contribution in [2.75, 3.05) is 12.4 Å². The van der Waals surface area contributed by atoms with E-state index in [0.29, 0.717) is 16.6 Å². The van der Waals surface area contributed by atoms with Gasteiger partial charge < -0.3 is 14.5 Å². The number of benzene rings is 1. The number of hydrazone groups is 1. The van der Waals surface area contributed by atoms with Gasteiger partial charge in [0.1, 0.15) is 17.2 Å². The second-order valence-electron chi connectivity index (χ2n) is 3.97. The first-order valence-corrected chi connectivity index (χ1v) is 6.39. The molecule has 20 heavy (non-hydrogen) atoms. The predicted octanol–water partition coefficient (Wildman–Crippen LogP) is 3.00. The highest BCUT2D eigenvalue weighted by molar-refractivity contribution is 7.80. The molecule has 0 amide bonds. The SMILES string of the molecule is COc1ccc(NC(=S)N/N=C(\C)c2ccco2)cc1. The minimum absolute atomic E-state index is 0.404. The lowest BCUT2D eigenvalue weighted by molar-refractivity contribution is 0.415. The fraction of sp³-hybridized carbons (Fsp3) is 0.143. The standard InChI is InChI=1S/C14H15N3O2S/c1-10(13-4-3-9-19-13)16-17-14(20)15-11-5-7-12(18-2)8-6-11/h3-9H,1-2H3,(H2,15,17,20)/b16-10+. The van der Waals surface area contributed by atoms with Crippen LogP contribution in [0.25, 0.3) is 0 Å². The van der Waals surface area contributed by atoms with E-state index >= 15 is 0 Å². The molecule has 104 valence electrons. The molecule has 0 spiro atoms. The van der Waals surface area contributed by atoms with Crippen LogP contribution in [0.2, 0.25) is 0 Å². The van der Waals surface area contributed by atoms with Gasteiger partial charge in [0.05, 0.1) is 13.4 Å². The average Bonchev–Trinajstić information content (AvgIpc) is 3.00. The van der Waals surface area contributed by atoms with Crippen LogP contribution in [0, 0.1) is 0 Å². The number of methoxy groups -OCH3 is 1. The van der Waals surface area contributed by atoms with Crippen molar-refractivity contribution in [2.24, 2.45) is 5.10 Å². The largest absolute Gasteiger partial charge is 0.497 e. The summed E-state index contributed by atoms with van der Waals surface area (Å²) in [6.07, 6.45) is 1.60. The van der Waals surface area contributed by atoms with Crippen molar-refractivity contribution in [3.05, 3.63) is 48.4 Å². The Bertz CT molecular complexity index is 591. The Morgan fingerprint density at radius 1 is 1.25 bits per heavy atom. The Kier molecular flexibility index (Phi) is 4.73. The first-order chi connectivity index (χ1) is 9.69. The van der Waals surface area contributed by atoms with E-state index in [1.807, 2.05) is 43.3 Å². The minimum Gasteiger partial charge on any atom is -0.497 e. The molecule has 0 aliphatic carbocycles. The summed E-state index contributed by atoms with van der Waals surface area (Å²) < 4.78 is 10.3. The van der Waals surface area contributed by atoms with E-state index in [0.717, 1.165) is 11.4 Å². The molecule has 2 aromatic rings. The lowest BCUT2D eigenvalue weighted by Gasteiger charge is -2.08. The van der Waals surface area contributed by atoms with Gasteiger partial charge in [-0.3, -0.25) is 5.43 Å². The first kappa shape index (κ1) is 14.1. The molecule has 0 unspecified atom stereocenters.